The number of nitrogens with zero attached hydrogens (tertiary/aromatic N) is 2. The van der Waals surface area contributed by atoms with Crippen LogP contribution in [-0.2, 0) is 4.74 Å². The topological polar surface area (TPSA) is 155 Å². The van der Waals surface area contributed by atoms with E-state index >= 15 is 0 Å². The number of carbonyl (C=O) groups excluding carboxylic acids is 2. The Labute approximate surface area is 137 Å². The molecule has 2 aromatic rings. The van der Waals surface area contributed by atoms with E-state index in [0.717, 1.165) is 18.2 Å². The number of nitro groups is 2. The second-order valence-corrected chi connectivity index (χ2v) is 5.18. The number of hydrogen-bond donors (Lipinski definition) is 1. The minimum Gasteiger partial charge on any atom is -0.462 e. The van der Waals surface area contributed by atoms with Crippen LogP contribution >= 0.6 is 11.3 Å². The van der Waals surface area contributed by atoms with Crippen molar-refractivity contribution in [3.63, 3.8) is 0 Å². The first-order valence-corrected chi connectivity index (χ1v) is 7.16. The van der Waals surface area contributed by atoms with Gasteiger partial charge in [0.15, 0.2) is 5.76 Å². The highest BCUT2D eigenvalue weighted by molar-refractivity contribution is 7.19. The SMILES string of the molecule is CCOC(=O)c1cc([N+](=O)[O-])sc1NC(=O)c1ccc([N+](=O)[O-])o1. The number of carbonyl (C=O) groups is 2. The van der Waals surface area contributed by atoms with E-state index < -0.39 is 27.6 Å². The number of rotatable bonds is 6. The number of esters is 1. The molecule has 11 nitrogen and oxygen atoms in total. The number of nitrogens with one attached hydrogen (secondary N) is 1. The van der Waals surface area contributed by atoms with Gasteiger partial charge in [-0.1, -0.05) is 0 Å². The van der Waals surface area contributed by atoms with Gasteiger partial charge in [-0.2, -0.15) is 0 Å². The van der Waals surface area contributed by atoms with Crippen LogP contribution in [0.5, 0.6) is 0 Å². The summed E-state index contributed by atoms with van der Waals surface area (Å²) in [7, 11) is 0. The minimum atomic E-state index is -0.898. The van der Waals surface area contributed by atoms with Crippen molar-refractivity contribution in [2.24, 2.45) is 0 Å². The molecule has 2 rings (SSSR count). The lowest BCUT2D eigenvalue weighted by atomic mass is 10.3. The molecular formula is C12H9N3O8S. The molecule has 0 aromatic carbocycles. The maximum Gasteiger partial charge on any atom is 0.433 e. The number of ether oxygens (including phenoxy) is 1. The summed E-state index contributed by atoms with van der Waals surface area (Å²) in [4.78, 5) is 43.7. The second kappa shape index (κ2) is 6.87. The highest BCUT2D eigenvalue weighted by Gasteiger charge is 2.25. The molecule has 0 radical (unpaired) electrons. The Balaban J connectivity index is 2.29. The normalized spacial score (nSPS) is 10.2. The third kappa shape index (κ3) is 3.55. The predicted octanol–water partition coefficient (Wildman–Crippen LogP) is 2.59. The van der Waals surface area contributed by atoms with Crippen LogP contribution in [0.2, 0.25) is 0 Å². The van der Waals surface area contributed by atoms with Gasteiger partial charge in [0.05, 0.1) is 17.6 Å². The van der Waals surface area contributed by atoms with Crippen molar-refractivity contribution in [3.05, 3.63) is 49.8 Å². The molecule has 0 bridgehead atoms. The highest BCUT2D eigenvalue weighted by atomic mass is 32.1. The molecule has 1 N–H and O–H groups in total. The van der Waals surface area contributed by atoms with Crippen LogP contribution in [0, 0.1) is 20.2 Å². The van der Waals surface area contributed by atoms with E-state index in [0.29, 0.717) is 11.3 Å². The summed E-state index contributed by atoms with van der Waals surface area (Å²) >= 11 is 0.550. The molecule has 0 spiro atoms. The Morgan fingerprint density at radius 1 is 1.29 bits per heavy atom. The maximum absolute atomic E-state index is 12.0. The molecule has 0 aliphatic heterocycles. The second-order valence-electron chi connectivity index (χ2n) is 4.15. The molecule has 0 unspecified atom stereocenters. The van der Waals surface area contributed by atoms with Crippen LogP contribution < -0.4 is 5.32 Å². The number of furan rings is 1. The molecule has 2 aromatic heterocycles. The standard InChI is InChI=1S/C12H9N3O8S/c1-2-22-12(17)6-5-9(15(20)21)24-11(6)13-10(16)7-3-4-8(23-7)14(18)19/h3-5H,2H2,1H3,(H,13,16). The van der Waals surface area contributed by atoms with Crippen molar-refractivity contribution < 1.29 is 28.6 Å². The predicted molar refractivity (Wildman–Crippen MR) is 80.2 cm³/mol. The van der Waals surface area contributed by atoms with Crippen LogP contribution in [0.15, 0.2) is 22.6 Å². The van der Waals surface area contributed by atoms with Crippen molar-refractivity contribution in [2.45, 2.75) is 6.92 Å². The molecule has 0 aliphatic carbocycles. The molecule has 0 fully saturated rings. The molecule has 12 heteroatoms. The van der Waals surface area contributed by atoms with Gasteiger partial charge in [0, 0.05) is 6.07 Å². The van der Waals surface area contributed by atoms with Crippen molar-refractivity contribution in [2.75, 3.05) is 11.9 Å². The lowest BCUT2D eigenvalue weighted by Gasteiger charge is -2.03. The fourth-order valence-electron chi connectivity index (χ4n) is 1.63. The quantitative estimate of drug-likeness (QED) is 0.471. The molecule has 24 heavy (non-hydrogen) atoms. The number of anilines is 1. The summed E-state index contributed by atoms with van der Waals surface area (Å²) in [5.74, 6) is -2.76. The Kier molecular flexibility index (Phi) is 4.89. The van der Waals surface area contributed by atoms with Gasteiger partial charge in [0.25, 0.3) is 5.91 Å². The van der Waals surface area contributed by atoms with Gasteiger partial charge >= 0.3 is 16.9 Å². The third-order valence-electron chi connectivity index (χ3n) is 2.62. The molecular weight excluding hydrogens is 346 g/mol. The number of thiophene rings is 1. The fourth-order valence-corrected chi connectivity index (χ4v) is 2.49. The Morgan fingerprint density at radius 3 is 2.54 bits per heavy atom. The first-order valence-electron chi connectivity index (χ1n) is 6.34. The lowest BCUT2D eigenvalue weighted by Crippen LogP contribution is -2.13. The number of hydrogen-bond acceptors (Lipinski definition) is 9. The van der Waals surface area contributed by atoms with E-state index in [2.05, 4.69) is 5.32 Å². The van der Waals surface area contributed by atoms with E-state index in [4.69, 9.17) is 9.15 Å². The summed E-state index contributed by atoms with van der Waals surface area (Å²) < 4.78 is 9.49. The smallest absolute Gasteiger partial charge is 0.433 e. The summed E-state index contributed by atoms with van der Waals surface area (Å²) in [6.07, 6.45) is 0. The van der Waals surface area contributed by atoms with E-state index in [1.165, 1.54) is 0 Å². The van der Waals surface area contributed by atoms with Crippen molar-refractivity contribution in [1.29, 1.82) is 0 Å². The minimum absolute atomic E-state index is 0.0419. The van der Waals surface area contributed by atoms with Crippen molar-refractivity contribution in [3.8, 4) is 0 Å². The Bertz CT molecular complexity index is 824. The van der Waals surface area contributed by atoms with Gasteiger partial charge in [-0.15, -0.1) is 0 Å². The summed E-state index contributed by atoms with van der Waals surface area (Å²) in [6, 6.07) is 3.03. The van der Waals surface area contributed by atoms with Gasteiger partial charge in [-0.05, 0) is 24.3 Å². The zero-order valence-corrected chi connectivity index (χ0v) is 12.8. The van der Waals surface area contributed by atoms with Gasteiger partial charge in [0.1, 0.15) is 15.5 Å². The van der Waals surface area contributed by atoms with Crippen molar-refractivity contribution in [1.82, 2.24) is 0 Å². The van der Waals surface area contributed by atoms with E-state index in [1.807, 2.05) is 0 Å². The zero-order valence-electron chi connectivity index (χ0n) is 12.0. The van der Waals surface area contributed by atoms with Crippen LogP contribution in [0.25, 0.3) is 0 Å². The molecule has 0 saturated carbocycles. The average Bonchev–Trinajstić information content (AvgIpc) is 3.14. The first-order chi connectivity index (χ1) is 11.3. The van der Waals surface area contributed by atoms with E-state index in [9.17, 15) is 29.8 Å². The molecule has 1 amide bonds. The Hall–Kier alpha value is -3.28. The summed E-state index contributed by atoms with van der Waals surface area (Å²) in [5, 5.41) is 23.1. The van der Waals surface area contributed by atoms with Gasteiger partial charge in [-0.3, -0.25) is 25.0 Å². The largest absolute Gasteiger partial charge is 0.462 e. The van der Waals surface area contributed by atoms with Crippen molar-refractivity contribution >= 4 is 39.1 Å². The Morgan fingerprint density at radius 2 is 2.00 bits per heavy atom. The molecule has 0 saturated heterocycles. The van der Waals surface area contributed by atoms with Crippen LogP contribution in [-0.4, -0.2) is 28.3 Å². The highest BCUT2D eigenvalue weighted by Crippen LogP contribution is 2.34. The zero-order chi connectivity index (χ0) is 17.9. The maximum atomic E-state index is 12.0. The van der Waals surface area contributed by atoms with E-state index in [-0.39, 0.29) is 27.9 Å². The van der Waals surface area contributed by atoms with Crippen LogP contribution in [0.1, 0.15) is 27.8 Å². The first kappa shape index (κ1) is 17.1. The molecule has 0 aliphatic rings. The van der Waals surface area contributed by atoms with E-state index in [1.54, 1.807) is 6.92 Å². The fraction of sp³-hybridized carbons (Fsp3) is 0.167. The van der Waals surface area contributed by atoms with Crippen LogP contribution in [0.4, 0.5) is 15.9 Å². The third-order valence-corrected chi connectivity index (χ3v) is 3.62. The lowest BCUT2D eigenvalue weighted by molar-refractivity contribution is -0.402. The van der Waals surface area contributed by atoms with Gasteiger partial charge < -0.3 is 14.5 Å². The molecule has 126 valence electrons. The van der Waals surface area contributed by atoms with Crippen LogP contribution in [0.3, 0.4) is 0 Å². The monoisotopic (exact) mass is 355 g/mol. The summed E-state index contributed by atoms with van der Waals surface area (Å²) in [5.41, 5.74) is -0.192. The van der Waals surface area contributed by atoms with Gasteiger partial charge in [-0.25, -0.2) is 4.79 Å². The van der Waals surface area contributed by atoms with Gasteiger partial charge in [0.2, 0.25) is 0 Å². The summed E-state index contributed by atoms with van der Waals surface area (Å²) in [6.45, 7) is 1.60. The average molecular weight is 355 g/mol. The molecule has 2 heterocycles. The molecule has 0 atom stereocenters. The number of amides is 1.